The maximum atomic E-state index is 12.6. The van der Waals surface area contributed by atoms with Crippen molar-refractivity contribution < 1.29 is 17.9 Å². The maximum absolute atomic E-state index is 12.6. The van der Waals surface area contributed by atoms with E-state index in [4.69, 9.17) is 11.6 Å². The largest absolute Gasteiger partial charge is 0.573 e. The summed E-state index contributed by atoms with van der Waals surface area (Å²) in [6, 6.07) is 14.7. The fourth-order valence-corrected chi connectivity index (χ4v) is 2.98. The number of aromatic nitrogens is 2. The van der Waals surface area contributed by atoms with E-state index in [-0.39, 0.29) is 11.3 Å². The number of halogens is 4. The Morgan fingerprint density at radius 1 is 0.968 bits per heavy atom. The van der Waals surface area contributed by atoms with Gasteiger partial charge < -0.3 is 15.4 Å². The molecule has 3 aromatic rings. The SMILES string of the molecule is CC(C)(C)Nc1nc(NCc2cccc(Cl)c2)cc(-c2cccc(OC(F)(F)F)c2)n1. The Bertz CT molecular complexity index is 1050. The summed E-state index contributed by atoms with van der Waals surface area (Å²) in [4.78, 5) is 8.96. The molecule has 0 radical (unpaired) electrons. The van der Waals surface area contributed by atoms with Crippen molar-refractivity contribution in [2.24, 2.45) is 0 Å². The number of hydrogen-bond acceptors (Lipinski definition) is 5. The third-order valence-corrected chi connectivity index (χ3v) is 4.17. The van der Waals surface area contributed by atoms with E-state index in [0.717, 1.165) is 5.56 Å². The van der Waals surface area contributed by atoms with Gasteiger partial charge >= 0.3 is 6.36 Å². The molecule has 0 saturated carbocycles. The van der Waals surface area contributed by atoms with E-state index < -0.39 is 6.36 Å². The number of hydrogen-bond donors (Lipinski definition) is 2. The minimum Gasteiger partial charge on any atom is -0.406 e. The maximum Gasteiger partial charge on any atom is 0.573 e. The van der Waals surface area contributed by atoms with Crippen molar-refractivity contribution in [2.45, 2.75) is 39.2 Å². The Hall–Kier alpha value is -3.00. The summed E-state index contributed by atoms with van der Waals surface area (Å²) in [5.41, 5.74) is 1.55. The monoisotopic (exact) mass is 450 g/mol. The van der Waals surface area contributed by atoms with Gasteiger partial charge in [-0.25, -0.2) is 4.98 Å². The minimum absolute atomic E-state index is 0.315. The second-order valence-corrected chi connectivity index (χ2v) is 8.33. The van der Waals surface area contributed by atoms with Crippen LogP contribution in [-0.2, 0) is 6.54 Å². The molecule has 0 aliphatic carbocycles. The first kappa shape index (κ1) is 22.7. The molecular weight excluding hydrogens is 429 g/mol. The van der Waals surface area contributed by atoms with Gasteiger partial charge in [0.25, 0.3) is 0 Å². The van der Waals surface area contributed by atoms with Gasteiger partial charge in [0.05, 0.1) is 5.69 Å². The number of alkyl halides is 3. The van der Waals surface area contributed by atoms with Crippen LogP contribution in [0.3, 0.4) is 0 Å². The van der Waals surface area contributed by atoms with Crippen LogP contribution in [0.15, 0.2) is 54.6 Å². The van der Waals surface area contributed by atoms with Crippen LogP contribution in [0.2, 0.25) is 5.02 Å². The summed E-state index contributed by atoms with van der Waals surface area (Å²) < 4.78 is 41.8. The van der Waals surface area contributed by atoms with Crippen LogP contribution >= 0.6 is 11.6 Å². The predicted molar refractivity (Wildman–Crippen MR) is 116 cm³/mol. The molecule has 2 N–H and O–H groups in total. The molecule has 5 nitrogen and oxygen atoms in total. The van der Waals surface area contributed by atoms with Gasteiger partial charge in [0.2, 0.25) is 5.95 Å². The average Bonchev–Trinajstić information content (AvgIpc) is 2.64. The van der Waals surface area contributed by atoms with Crippen LogP contribution in [0.25, 0.3) is 11.3 Å². The molecule has 31 heavy (non-hydrogen) atoms. The van der Waals surface area contributed by atoms with Crippen LogP contribution in [-0.4, -0.2) is 21.9 Å². The van der Waals surface area contributed by atoms with E-state index in [1.165, 1.54) is 18.2 Å². The van der Waals surface area contributed by atoms with E-state index in [9.17, 15) is 13.2 Å². The van der Waals surface area contributed by atoms with Crippen molar-refractivity contribution in [1.82, 2.24) is 9.97 Å². The summed E-state index contributed by atoms with van der Waals surface area (Å²) in [6.45, 7) is 6.34. The minimum atomic E-state index is -4.77. The van der Waals surface area contributed by atoms with Crippen molar-refractivity contribution in [2.75, 3.05) is 10.6 Å². The lowest BCUT2D eigenvalue weighted by Crippen LogP contribution is -2.27. The topological polar surface area (TPSA) is 59.1 Å². The van der Waals surface area contributed by atoms with Crippen molar-refractivity contribution in [3.8, 4) is 17.0 Å². The highest BCUT2D eigenvalue weighted by Crippen LogP contribution is 2.29. The molecule has 9 heteroatoms. The Morgan fingerprint density at radius 2 is 1.71 bits per heavy atom. The summed E-state index contributed by atoms with van der Waals surface area (Å²) in [7, 11) is 0. The molecule has 0 aliphatic rings. The smallest absolute Gasteiger partial charge is 0.406 e. The third kappa shape index (κ3) is 7.32. The molecule has 1 heterocycles. The zero-order valence-electron chi connectivity index (χ0n) is 17.2. The highest BCUT2D eigenvalue weighted by atomic mass is 35.5. The summed E-state index contributed by atoms with van der Waals surface area (Å²) in [5.74, 6) is 0.544. The number of benzene rings is 2. The average molecular weight is 451 g/mol. The zero-order chi connectivity index (χ0) is 22.6. The van der Waals surface area contributed by atoms with Crippen LogP contribution < -0.4 is 15.4 Å². The van der Waals surface area contributed by atoms with E-state index in [2.05, 4.69) is 25.3 Å². The molecule has 0 amide bonds. The van der Waals surface area contributed by atoms with Crippen molar-refractivity contribution in [3.63, 3.8) is 0 Å². The molecule has 0 atom stereocenters. The van der Waals surface area contributed by atoms with E-state index in [1.54, 1.807) is 18.2 Å². The molecule has 0 saturated heterocycles. The summed E-state index contributed by atoms with van der Waals surface area (Å²) >= 11 is 6.03. The van der Waals surface area contributed by atoms with E-state index in [1.807, 2.05) is 39.0 Å². The normalized spacial score (nSPS) is 11.8. The predicted octanol–water partition coefficient (Wildman–Crippen LogP) is 6.52. The van der Waals surface area contributed by atoms with Gasteiger partial charge in [-0.2, -0.15) is 4.98 Å². The molecule has 1 aromatic heterocycles. The van der Waals surface area contributed by atoms with E-state index >= 15 is 0 Å². The van der Waals surface area contributed by atoms with Gasteiger partial charge in [0, 0.05) is 28.7 Å². The molecule has 0 spiro atoms. The molecule has 0 fully saturated rings. The molecule has 2 aromatic carbocycles. The first-order valence-corrected chi connectivity index (χ1v) is 9.86. The van der Waals surface area contributed by atoms with Crippen LogP contribution in [0.1, 0.15) is 26.3 Å². The van der Waals surface area contributed by atoms with Crippen LogP contribution in [0, 0.1) is 0 Å². The molecular formula is C22H22ClF3N4O. The first-order valence-electron chi connectivity index (χ1n) is 9.49. The molecule has 164 valence electrons. The van der Waals surface area contributed by atoms with Crippen molar-refractivity contribution in [1.29, 1.82) is 0 Å². The van der Waals surface area contributed by atoms with Crippen molar-refractivity contribution in [3.05, 3.63) is 65.2 Å². The number of nitrogens with zero attached hydrogens (tertiary/aromatic N) is 2. The van der Waals surface area contributed by atoms with Gasteiger partial charge in [0.1, 0.15) is 11.6 Å². The lowest BCUT2D eigenvalue weighted by atomic mass is 10.1. The van der Waals surface area contributed by atoms with Gasteiger partial charge in [-0.3, -0.25) is 0 Å². The van der Waals surface area contributed by atoms with Crippen molar-refractivity contribution >= 4 is 23.4 Å². The summed E-state index contributed by atoms with van der Waals surface area (Å²) in [6.07, 6.45) is -4.77. The Labute approximate surface area is 183 Å². The number of nitrogens with one attached hydrogen (secondary N) is 2. The molecule has 0 aliphatic heterocycles. The Morgan fingerprint density at radius 3 is 2.39 bits per heavy atom. The number of ether oxygens (including phenoxy) is 1. The molecule has 0 unspecified atom stereocenters. The van der Waals surface area contributed by atoms with Gasteiger partial charge in [0.15, 0.2) is 0 Å². The lowest BCUT2D eigenvalue weighted by molar-refractivity contribution is -0.274. The fourth-order valence-electron chi connectivity index (χ4n) is 2.77. The summed E-state index contributed by atoms with van der Waals surface area (Å²) in [5, 5.41) is 7.04. The lowest BCUT2D eigenvalue weighted by Gasteiger charge is -2.21. The second kappa shape index (κ2) is 9.01. The number of rotatable bonds is 6. The third-order valence-electron chi connectivity index (χ3n) is 3.94. The Kier molecular flexibility index (Phi) is 6.59. The van der Waals surface area contributed by atoms with E-state index in [0.29, 0.717) is 34.6 Å². The molecule has 3 rings (SSSR count). The molecule has 0 bridgehead atoms. The zero-order valence-corrected chi connectivity index (χ0v) is 18.0. The Balaban J connectivity index is 1.92. The highest BCUT2D eigenvalue weighted by molar-refractivity contribution is 6.30. The standard InChI is InChI=1S/C22H22ClF3N4O/c1-21(2,3)30-20-28-18(15-7-5-9-17(11-15)31-22(24,25)26)12-19(29-20)27-13-14-6-4-8-16(23)10-14/h4-12H,13H2,1-3H3,(H2,27,28,29,30). The fraction of sp³-hybridized carbons (Fsp3) is 0.273. The quantitative estimate of drug-likeness (QED) is 0.447. The highest BCUT2D eigenvalue weighted by Gasteiger charge is 2.31. The first-order chi connectivity index (χ1) is 14.5. The van der Waals surface area contributed by atoms with Gasteiger partial charge in [-0.15, -0.1) is 13.2 Å². The van der Waals surface area contributed by atoms with Crippen LogP contribution in [0.4, 0.5) is 24.9 Å². The van der Waals surface area contributed by atoms with Crippen LogP contribution in [0.5, 0.6) is 5.75 Å². The second-order valence-electron chi connectivity index (χ2n) is 7.90. The number of anilines is 2. The van der Waals surface area contributed by atoms with Gasteiger partial charge in [-0.05, 0) is 50.6 Å². The van der Waals surface area contributed by atoms with Gasteiger partial charge in [-0.1, -0.05) is 35.9 Å².